The van der Waals surface area contributed by atoms with Crippen molar-refractivity contribution in [3.8, 4) is 11.5 Å². The molecule has 11 heteroatoms. The van der Waals surface area contributed by atoms with Crippen molar-refractivity contribution in [2.75, 3.05) is 26.1 Å². The first-order valence-corrected chi connectivity index (χ1v) is 11.3. The molecular formula is C23H23Cl2N3O6. The summed E-state index contributed by atoms with van der Waals surface area (Å²) >= 11 is 12.2. The molecule has 34 heavy (non-hydrogen) atoms. The highest BCUT2D eigenvalue weighted by Gasteiger charge is 2.23. The molecule has 1 saturated heterocycles. The number of amides is 1. The fourth-order valence-corrected chi connectivity index (χ4v) is 4.31. The zero-order valence-electron chi connectivity index (χ0n) is 18.6. The van der Waals surface area contributed by atoms with E-state index in [0.29, 0.717) is 33.8 Å². The smallest absolute Gasteiger partial charge is 0.332 e. The van der Waals surface area contributed by atoms with Gasteiger partial charge in [-0.3, -0.25) is 18.7 Å². The molecule has 1 fully saturated rings. The molecule has 0 aliphatic carbocycles. The van der Waals surface area contributed by atoms with Gasteiger partial charge in [0.2, 0.25) is 5.91 Å². The van der Waals surface area contributed by atoms with Gasteiger partial charge < -0.3 is 19.5 Å². The lowest BCUT2D eigenvalue weighted by molar-refractivity contribution is -0.116. The third-order valence-corrected chi connectivity index (χ3v) is 6.21. The number of aromatic nitrogens is 2. The van der Waals surface area contributed by atoms with Crippen LogP contribution in [0.1, 0.15) is 12.8 Å². The molecule has 1 aliphatic rings. The maximum absolute atomic E-state index is 13.4. The van der Waals surface area contributed by atoms with Gasteiger partial charge in [0.25, 0.3) is 5.56 Å². The average Bonchev–Trinajstić information content (AvgIpc) is 3.34. The van der Waals surface area contributed by atoms with Crippen LogP contribution >= 0.6 is 23.2 Å². The van der Waals surface area contributed by atoms with E-state index in [4.69, 9.17) is 37.4 Å². The monoisotopic (exact) mass is 507 g/mol. The van der Waals surface area contributed by atoms with Gasteiger partial charge in [-0.15, -0.1) is 0 Å². The molecule has 1 aromatic heterocycles. The van der Waals surface area contributed by atoms with Gasteiger partial charge in [0.15, 0.2) is 11.5 Å². The number of carbonyl (C=O) groups is 1. The van der Waals surface area contributed by atoms with Gasteiger partial charge in [0.05, 0.1) is 48.5 Å². The van der Waals surface area contributed by atoms with Crippen molar-refractivity contribution in [1.29, 1.82) is 0 Å². The number of nitrogens with zero attached hydrogens (tertiary/aromatic N) is 2. The predicted molar refractivity (Wildman–Crippen MR) is 130 cm³/mol. The molecule has 180 valence electrons. The van der Waals surface area contributed by atoms with Crippen LogP contribution in [0.4, 0.5) is 5.69 Å². The molecule has 0 saturated carbocycles. The first kappa shape index (κ1) is 24.1. The molecule has 1 aliphatic heterocycles. The van der Waals surface area contributed by atoms with E-state index in [9.17, 15) is 14.4 Å². The first-order chi connectivity index (χ1) is 16.3. The van der Waals surface area contributed by atoms with Crippen molar-refractivity contribution in [3.63, 3.8) is 0 Å². The minimum atomic E-state index is -0.632. The Hall–Kier alpha value is -3.01. The molecule has 1 unspecified atom stereocenters. The van der Waals surface area contributed by atoms with Crippen LogP contribution in [0.5, 0.6) is 11.5 Å². The van der Waals surface area contributed by atoms with Gasteiger partial charge in [0, 0.05) is 17.7 Å². The third-order valence-electron chi connectivity index (χ3n) is 5.64. The minimum Gasteiger partial charge on any atom is -0.493 e. The van der Waals surface area contributed by atoms with Crippen molar-refractivity contribution in [1.82, 2.24) is 9.13 Å². The van der Waals surface area contributed by atoms with Crippen LogP contribution in [-0.2, 0) is 22.6 Å². The molecule has 3 aromatic rings. The Kier molecular flexibility index (Phi) is 7.16. The van der Waals surface area contributed by atoms with Crippen LogP contribution in [0.2, 0.25) is 10.0 Å². The number of carbonyl (C=O) groups excluding carboxylic acids is 1. The van der Waals surface area contributed by atoms with Gasteiger partial charge >= 0.3 is 5.69 Å². The van der Waals surface area contributed by atoms with Crippen LogP contribution in [0, 0.1) is 0 Å². The topological polar surface area (TPSA) is 101 Å². The zero-order chi connectivity index (χ0) is 24.4. The lowest BCUT2D eigenvalue weighted by atomic mass is 10.2. The number of ether oxygens (including phenoxy) is 3. The second kappa shape index (κ2) is 10.1. The Morgan fingerprint density at radius 3 is 2.53 bits per heavy atom. The second-order valence-corrected chi connectivity index (χ2v) is 8.66. The number of anilines is 1. The molecule has 4 rings (SSSR count). The normalized spacial score (nSPS) is 15.5. The van der Waals surface area contributed by atoms with Crippen molar-refractivity contribution in [2.45, 2.75) is 32.0 Å². The number of hydrogen-bond donors (Lipinski definition) is 1. The molecule has 2 heterocycles. The molecule has 0 spiro atoms. The minimum absolute atomic E-state index is 0.0870. The molecule has 1 amide bonds. The standard InChI is InChI=1S/C23H23Cl2N3O6/c1-32-19-9-15-18(10-20(19)33-2)27(12-21(29)26-17-8-13(24)5-6-16(17)25)23(31)28(22(15)30)11-14-4-3-7-34-14/h5-6,8-10,14H,3-4,7,11-12H2,1-2H3,(H,26,29). The van der Waals surface area contributed by atoms with Crippen molar-refractivity contribution < 1.29 is 19.0 Å². The van der Waals surface area contributed by atoms with E-state index in [2.05, 4.69) is 5.32 Å². The Labute approximate surface area is 204 Å². The number of benzene rings is 2. The summed E-state index contributed by atoms with van der Waals surface area (Å²) in [4.78, 5) is 39.6. The lowest BCUT2D eigenvalue weighted by Gasteiger charge is -2.18. The van der Waals surface area contributed by atoms with E-state index in [-0.39, 0.29) is 30.1 Å². The maximum atomic E-state index is 13.4. The number of fused-ring (bicyclic) bond motifs is 1. The summed E-state index contributed by atoms with van der Waals surface area (Å²) in [6, 6.07) is 7.67. The molecule has 1 atom stereocenters. The lowest BCUT2D eigenvalue weighted by Crippen LogP contribution is -2.43. The fourth-order valence-electron chi connectivity index (χ4n) is 3.98. The van der Waals surface area contributed by atoms with Crippen LogP contribution in [-0.4, -0.2) is 42.0 Å². The number of methoxy groups -OCH3 is 2. The molecular weight excluding hydrogens is 485 g/mol. The van der Waals surface area contributed by atoms with Gasteiger partial charge in [0.1, 0.15) is 6.54 Å². The van der Waals surface area contributed by atoms with Crippen molar-refractivity contribution in [3.05, 3.63) is 61.2 Å². The molecule has 0 bridgehead atoms. The van der Waals surface area contributed by atoms with Gasteiger partial charge in [-0.05, 0) is 37.1 Å². The van der Waals surface area contributed by atoms with Gasteiger partial charge in [-0.1, -0.05) is 23.2 Å². The summed E-state index contributed by atoms with van der Waals surface area (Å²) in [6.07, 6.45) is 1.34. The summed E-state index contributed by atoms with van der Waals surface area (Å²) in [5.41, 5.74) is -0.578. The Balaban J connectivity index is 1.82. The van der Waals surface area contributed by atoms with Crippen LogP contribution in [0.3, 0.4) is 0 Å². The van der Waals surface area contributed by atoms with Crippen LogP contribution in [0.15, 0.2) is 39.9 Å². The second-order valence-electron chi connectivity index (χ2n) is 7.82. The number of halogens is 2. The Bertz CT molecular complexity index is 1360. The van der Waals surface area contributed by atoms with E-state index >= 15 is 0 Å². The number of hydrogen-bond acceptors (Lipinski definition) is 6. The highest BCUT2D eigenvalue weighted by atomic mass is 35.5. The summed E-state index contributed by atoms with van der Waals surface area (Å²) in [6.45, 7) is 0.290. The van der Waals surface area contributed by atoms with Crippen molar-refractivity contribution >= 4 is 45.7 Å². The largest absolute Gasteiger partial charge is 0.493 e. The van der Waals surface area contributed by atoms with Crippen LogP contribution < -0.4 is 26.0 Å². The number of nitrogens with one attached hydrogen (secondary N) is 1. The molecule has 1 N–H and O–H groups in total. The predicted octanol–water partition coefficient (Wildman–Crippen LogP) is 3.30. The third kappa shape index (κ3) is 4.77. The zero-order valence-corrected chi connectivity index (χ0v) is 20.1. The molecule has 2 aromatic carbocycles. The van der Waals surface area contributed by atoms with Crippen molar-refractivity contribution in [2.24, 2.45) is 0 Å². The van der Waals surface area contributed by atoms with Crippen LogP contribution in [0.25, 0.3) is 10.9 Å². The summed E-state index contributed by atoms with van der Waals surface area (Å²) < 4.78 is 18.6. The van der Waals surface area contributed by atoms with Gasteiger partial charge in [-0.25, -0.2) is 4.79 Å². The highest BCUT2D eigenvalue weighted by molar-refractivity contribution is 6.35. The summed E-state index contributed by atoms with van der Waals surface area (Å²) in [5.74, 6) is 0.124. The van der Waals surface area contributed by atoms with E-state index in [1.165, 1.54) is 37.0 Å². The Morgan fingerprint density at radius 1 is 1.12 bits per heavy atom. The summed E-state index contributed by atoms with van der Waals surface area (Å²) in [5, 5.41) is 3.57. The molecule has 9 nitrogen and oxygen atoms in total. The SMILES string of the molecule is COc1cc2c(=O)n(CC3CCCO3)c(=O)n(CC(=O)Nc3cc(Cl)ccc3Cl)c2cc1OC. The van der Waals surface area contributed by atoms with E-state index in [1.54, 1.807) is 12.1 Å². The van der Waals surface area contributed by atoms with E-state index in [0.717, 1.165) is 17.4 Å². The average molecular weight is 508 g/mol. The first-order valence-electron chi connectivity index (χ1n) is 10.6. The van der Waals surface area contributed by atoms with E-state index in [1.807, 2.05) is 0 Å². The molecule has 0 radical (unpaired) electrons. The van der Waals surface area contributed by atoms with Gasteiger partial charge in [-0.2, -0.15) is 0 Å². The fraction of sp³-hybridized carbons (Fsp3) is 0.348. The quantitative estimate of drug-likeness (QED) is 0.526. The number of rotatable bonds is 7. The Morgan fingerprint density at radius 2 is 1.85 bits per heavy atom. The maximum Gasteiger partial charge on any atom is 0.332 e. The van der Waals surface area contributed by atoms with E-state index < -0.39 is 17.2 Å². The highest BCUT2D eigenvalue weighted by Crippen LogP contribution is 2.31. The summed E-state index contributed by atoms with van der Waals surface area (Å²) in [7, 11) is 2.89.